The molecule has 0 atom stereocenters. The largest absolute Gasteiger partial charge is 0.369 e. The second-order valence-corrected chi connectivity index (χ2v) is 4.69. The lowest BCUT2D eigenvalue weighted by atomic mass is 10.00. The quantitative estimate of drug-likeness (QED) is 0.799. The number of hydrogen-bond acceptors (Lipinski definition) is 2. The molecule has 92 valence electrons. The van der Waals surface area contributed by atoms with Gasteiger partial charge in [0.05, 0.1) is 6.10 Å². The smallest absolute Gasteiger partial charge is 0.248 e. The van der Waals surface area contributed by atoms with Gasteiger partial charge in [-0.2, -0.15) is 0 Å². The molecule has 0 aliphatic carbocycles. The Hall–Kier alpha value is -1.35. The number of rotatable bonds is 3. The van der Waals surface area contributed by atoms with Gasteiger partial charge in [0.1, 0.15) is 6.61 Å². The van der Waals surface area contributed by atoms with E-state index < -0.39 is 0 Å². The summed E-state index contributed by atoms with van der Waals surface area (Å²) in [5.74, 6) is 0.0909. The van der Waals surface area contributed by atoms with Gasteiger partial charge in [-0.05, 0) is 31.4 Å². The van der Waals surface area contributed by atoms with Gasteiger partial charge in [-0.3, -0.25) is 4.79 Å². The topological polar surface area (TPSA) is 29.5 Å². The molecule has 0 radical (unpaired) electrons. The van der Waals surface area contributed by atoms with Gasteiger partial charge in [-0.1, -0.05) is 24.3 Å². The monoisotopic (exact) mass is 233 g/mol. The second kappa shape index (κ2) is 5.32. The zero-order valence-corrected chi connectivity index (χ0v) is 10.5. The van der Waals surface area contributed by atoms with Gasteiger partial charge >= 0.3 is 0 Å². The average Bonchev–Trinajstić information content (AvgIpc) is 2.35. The zero-order valence-electron chi connectivity index (χ0n) is 10.5. The van der Waals surface area contributed by atoms with E-state index in [1.807, 2.05) is 24.8 Å². The molecular weight excluding hydrogens is 214 g/mol. The molecule has 0 spiro atoms. The Morgan fingerprint density at radius 2 is 2.06 bits per heavy atom. The Morgan fingerprint density at radius 3 is 2.76 bits per heavy atom. The predicted octanol–water partition coefficient (Wildman–Crippen LogP) is 2.00. The molecule has 1 aromatic carbocycles. The van der Waals surface area contributed by atoms with Crippen molar-refractivity contribution >= 4 is 5.91 Å². The molecule has 0 unspecified atom stereocenters. The molecule has 3 heteroatoms. The van der Waals surface area contributed by atoms with Gasteiger partial charge in [0.15, 0.2) is 0 Å². The number of carbonyl (C=O) groups excluding carboxylic acids is 1. The van der Waals surface area contributed by atoms with Crippen LogP contribution in [0.15, 0.2) is 24.3 Å². The molecule has 0 saturated carbocycles. The van der Waals surface area contributed by atoms with Crippen LogP contribution in [0.1, 0.15) is 25.0 Å². The SMILES string of the molecule is CC(C)OCC(=O)N1CCc2ccccc2C1. The summed E-state index contributed by atoms with van der Waals surface area (Å²) in [6.45, 7) is 5.60. The highest BCUT2D eigenvalue weighted by atomic mass is 16.5. The zero-order chi connectivity index (χ0) is 12.3. The van der Waals surface area contributed by atoms with Gasteiger partial charge in [-0.25, -0.2) is 0 Å². The van der Waals surface area contributed by atoms with E-state index in [4.69, 9.17) is 4.74 Å². The van der Waals surface area contributed by atoms with Crippen LogP contribution in [0.3, 0.4) is 0 Å². The lowest BCUT2D eigenvalue weighted by molar-refractivity contribution is -0.138. The van der Waals surface area contributed by atoms with Crippen LogP contribution in [0.5, 0.6) is 0 Å². The minimum atomic E-state index is 0.0909. The molecule has 0 fully saturated rings. The summed E-state index contributed by atoms with van der Waals surface area (Å²) in [6.07, 6.45) is 1.06. The molecule has 0 aromatic heterocycles. The average molecular weight is 233 g/mol. The van der Waals surface area contributed by atoms with Gasteiger partial charge < -0.3 is 9.64 Å². The number of benzene rings is 1. The Bertz CT molecular complexity index is 401. The maximum atomic E-state index is 11.9. The minimum Gasteiger partial charge on any atom is -0.369 e. The van der Waals surface area contributed by atoms with E-state index >= 15 is 0 Å². The molecule has 0 N–H and O–H groups in total. The van der Waals surface area contributed by atoms with Crippen molar-refractivity contribution in [3.05, 3.63) is 35.4 Å². The number of fused-ring (bicyclic) bond motifs is 1. The molecule has 0 saturated heterocycles. The third-order valence-electron chi connectivity index (χ3n) is 3.02. The van der Waals surface area contributed by atoms with Crippen LogP contribution < -0.4 is 0 Å². The van der Waals surface area contributed by atoms with Crippen molar-refractivity contribution in [1.29, 1.82) is 0 Å². The van der Waals surface area contributed by atoms with Crippen molar-refractivity contribution < 1.29 is 9.53 Å². The fraction of sp³-hybridized carbons (Fsp3) is 0.500. The summed E-state index contributed by atoms with van der Waals surface area (Å²) in [4.78, 5) is 13.8. The summed E-state index contributed by atoms with van der Waals surface area (Å²) >= 11 is 0. The Kier molecular flexibility index (Phi) is 3.79. The lowest BCUT2D eigenvalue weighted by Gasteiger charge is -2.29. The number of ether oxygens (including phenoxy) is 1. The van der Waals surface area contributed by atoms with E-state index in [1.54, 1.807) is 0 Å². The highest BCUT2D eigenvalue weighted by molar-refractivity contribution is 5.77. The van der Waals surface area contributed by atoms with Crippen LogP contribution in [0.4, 0.5) is 0 Å². The molecule has 1 aliphatic heterocycles. The summed E-state index contributed by atoms with van der Waals surface area (Å²) in [7, 11) is 0. The first-order valence-electron chi connectivity index (χ1n) is 6.13. The summed E-state index contributed by atoms with van der Waals surface area (Å²) < 4.78 is 5.35. The summed E-state index contributed by atoms with van der Waals surface area (Å²) in [5, 5.41) is 0. The van der Waals surface area contributed by atoms with Crippen molar-refractivity contribution in [3.8, 4) is 0 Å². The Morgan fingerprint density at radius 1 is 1.35 bits per heavy atom. The lowest BCUT2D eigenvalue weighted by Crippen LogP contribution is -2.38. The molecular formula is C14H19NO2. The van der Waals surface area contributed by atoms with Crippen LogP contribution in [0.25, 0.3) is 0 Å². The van der Waals surface area contributed by atoms with Gasteiger partial charge in [0.2, 0.25) is 5.91 Å². The fourth-order valence-electron chi connectivity index (χ4n) is 2.04. The van der Waals surface area contributed by atoms with Crippen LogP contribution in [0.2, 0.25) is 0 Å². The van der Waals surface area contributed by atoms with Gasteiger partial charge in [0.25, 0.3) is 0 Å². The predicted molar refractivity (Wildman–Crippen MR) is 66.7 cm³/mol. The summed E-state index contributed by atoms with van der Waals surface area (Å²) in [6, 6.07) is 8.31. The van der Waals surface area contributed by atoms with E-state index in [0.29, 0.717) is 0 Å². The molecule has 0 bridgehead atoms. The van der Waals surface area contributed by atoms with Crippen LogP contribution >= 0.6 is 0 Å². The fourth-order valence-corrected chi connectivity index (χ4v) is 2.04. The summed E-state index contributed by atoms with van der Waals surface area (Å²) in [5.41, 5.74) is 2.62. The number of carbonyl (C=O) groups is 1. The first-order chi connectivity index (χ1) is 8.16. The maximum Gasteiger partial charge on any atom is 0.248 e. The molecule has 1 amide bonds. The molecule has 1 aliphatic rings. The molecule has 1 aromatic rings. The maximum absolute atomic E-state index is 11.9. The van der Waals surface area contributed by atoms with E-state index in [1.165, 1.54) is 11.1 Å². The van der Waals surface area contributed by atoms with E-state index in [9.17, 15) is 4.79 Å². The number of nitrogens with zero attached hydrogens (tertiary/aromatic N) is 1. The third kappa shape index (κ3) is 3.07. The third-order valence-corrected chi connectivity index (χ3v) is 3.02. The van der Waals surface area contributed by atoms with Crippen molar-refractivity contribution in [1.82, 2.24) is 4.90 Å². The second-order valence-electron chi connectivity index (χ2n) is 4.69. The highest BCUT2D eigenvalue weighted by Crippen LogP contribution is 2.18. The van der Waals surface area contributed by atoms with Crippen molar-refractivity contribution in [3.63, 3.8) is 0 Å². The minimum absolute atomic E-state index is 0.0909. The molecule has 17 heavy (non-hydrogen) atoms. The first-order valence-corrected chi connectivity index (χ1v) is 6.13. The van der Waals surface area contributed by atoms with E-state index in [2.05, 4.69) is 18.2 Å². The molecule has 1 heterocycles. The van der Waals surface area contributed by atoms with Crippen molar-refractivity contribution in [2.45, 2.75) is 32.9 Å². The van der Waals surface area contributed by atoms with Crippen molar-refractivity contribution in [2.75, 3.05) is 13.2 Å². The van der Waals surface area contributed by atoms with E-state index in [-0.39, 0.29) is 18.6 Å². The van der Waals surface area contributed by atoms with Gasteiger partial charge in [-0.15, -0.1) is 0 Å². The first kappa shape index (κ1) is 12.1. The van der Waals surface area contributed by atoms with Crippen LogP contribution in [-0.4, -0.2) is 30.1 Å². The molecule has 2 rings (SSSR count). The van der Waals surface area contributed by atoms with E-state index in [0.717, 1.165) is 19.5 Å². The Labute approximate surface area is 102 Å². The highest BCUT2D eigenvalue weighted by Gasteiger charge is 2.20. The number of hydrogen-bond donors (Lipinski definition) is 0. The molecule has 3 nitrogen and oxygen atoms in total. The Balaban J connectivity index is 1.95. The van der Waals surface area contributed by atoms with Crippen molar-refractivity contribution in [2.24, 2.45) is 0 Å². The normalized spacial score (nSPS) is 14.9. The standard InChI is InChI=1S/C14H19NO2/c1-11(2)17-10-14(16)15-8-7-12-5-3-4-6-13(12)9-15/h3-6,11H,7-10H2,1-2H3. The van der Waals surface area contributed by atoms with Crippen LogP contribution in [0, 0.1) is 0 Å². The van der Waals surface area contributed by atoms with Gasteiger partial charge in [0, 0.05) is 13.1 Å². The number of amides is 1. The van der Waals surface area contributed by atoms with Crippen LogP contribution in [-0.2, 0) is 22.5 Å².